The summed E-state index contributed by atoms with van der Waals surface area (Å²) in [4.78, 5) is 12.4. The largest absolute Gasteiger partial charge is 0.507 e. The molecule has 0 spiro atoms. The van der Waals surface area contributed by atoms with Crippen molar-refractivity contribution in [3.8, 4) is 28.4 Å². The molecule has 2 aromatic carbocycles. The molecule has 0 unspecified atom stereocenters. The lowest BCUT2D eigenvalue weighted by atomic mass is 9.83. The highest BCUT2D eigenvalue weighted by Gasteiger charge is 2.27. The zero-order valence-electron chi connectivity index (χ0n) is 24.0. The molecule has 4 nitrogen and oxygen atoms in total. The summed E-state index contributed by atoms with van der Waals surface area (Å²) in [6, 6.07) is 7.52. The van der Waals surface area contributed by atoms with E-state index in [4.69, 9.17) is 4.74 Å². The number of ketones is 1. The van der Waals surface area contributed by atoms with Crippen LogP contribution in [0.5, 0.6) is 17.2 Å². The maximum Gasteiger partial charge on any atom is 0.164 e. The van der Waals surface area contributed by atoms with Crippen LogP contribution in [0.15, 0.2) is 24.3 Å². The average molecular weight is 523 g/mol. The Morgan fingerprint density at radius 1 is 0.711 bits per heavy atom. The second-order valence-electron chi connectivity index (χ2n) is 11.1. The number of hydrogen-bond acceptors (Lipinski definition) is 4. The molecule has 3 rings (SSSR count). The standard InChI is InChI=1S/C34H50O4/c1-3-4-5-6-7-8-9-10-11-12-13-14-15-18-25-38-28-23-21-27(22-24-28)32-31(26(2)35)33(36)29-19-16-17-20-30(29)34(32)37/h21-24,36-37H,3-20,25H2,1-2H3. The average Bonchev–Trinajstić information content (AvgIpc) is 2.93. The Hall–Kier alpha value is -2.49. The van der Waals surface area contributed by atoms with E-state index in [-0.39, 0.29) is 22.8 Å². The maximum absolute atomic E-state index is 12.4. The van der Waals surface area contributed by atoms with Crippen molar-refractivity contribution in [2.45, 2.75) is 129 Å². The molecule has 0 aromatic heterocycles. The second-order valence-corrected chi connectivity index (χ2v) is 11.1. The second kappa shape index (κ2) is 16.5. The van der Waals surface area contributed by atoms with Crippen LogP contribution >= 0.6 is 0 Å². The van der Waals surface area contributed by atoms with Crippen molar-refractivity contribution in [1.82, 2.24) is 0 Å². The molecule has 0 bridgehead atoms. The molecule has 0 aliphatic heterocycles. The van der Waals surface area contributed by atoms with Crippen molar-refractivity contribution < 1.29 is 19.7 Å². The zero-order chi connectivity index (χ0) is 27.2. The first-order valence-corrected chi connectivity index (χ1v) is 15.4. The highest BCUT2D eigenvalue weighted by atomic mass is 16.5. The van der Waals surface area contributed by atoms with Crippen LogP contribution < -0.4 is 4.74 Å². The van der Waals surface area contributed by atoms with Crippen LogP contribution in [-0.4, -0.2) is 22.6 Å². The quantitative estimate of drug-likeness (QED) is 0.116. The lowest BCUT2D eigenvalue weighted by Crippen LogP contribution is -2.09. The third kappa shape index (κ3) is 8.78. The Bertz CT molecular complexity index is 993. The van der Waals surface area contributed by atoms with Crippen LogP contribution in [0.4, 0.5) is 0 Å². The Labute approximate surface area is 230 Å². The Morgan fingerprint density at radius 3 is 1.68 bits per heavy atom. The minimum atomic E-state index is -0.237. The minimum absolute atomic E-state index is 0.0399. The molecule has 0 fully saturated rings. The molecule has 0 heterocycles. The van der Waals surface area contributed by atoms with Crippen molar-refractivity contribution >= 4 is 5.78 Å². The molecule has 0 saturated carbocycles. The van der Waals surface area contributed by atoms with Gasteiger partial charge in [0.2, 0.25) is 0 Å². The molecule has 0 radical (unpaired) electrons. The fraction of sp³-hybridized carbons (Fsp3) is 0.618. The van der Waals surface area contributed by atoms with Crippen molar-refractivity contribution in [3.05, 3.63) is 41.0 Å². The summed E-state index contributed by atoms with van der Waals surface area (Å²) in [7, 11) is 0. The molecule has 1 aliphatic rings. The molecule has 2 N–H and O–H groups in total. The van der Waals surface area contributed by atoms with Gasteiger partial charge < -0.3 is 14.9 Å². The number of rotatable bonds is 18. The predicted molar refractivity (Wildman–Crippen MR) is 158 cm³/mol. The summed E-state index contributed by atoms with van der Waals surface area (Å²) < 4.78 is 5.95. The van der Waals surface area contributed by atoms with Crippen LogP contribution in [-0.2, 0) is 12.8 Å². The third-order valence-corrected chi connectivity index (χ3v) is 8.02. The molecule has 0 saturated heterocycles. The van der Waals surface area contributed by atoms with E-state index < -0.39 is 0 Å². The monoisotopic (exact) mass is 522 g/mol. The molecule has 38 heavy (non-hydrogen) atoms. The van der Waals surface area contributed by atoms with Crippen molar-refractivity contribution in [2.24, 2.45) is 0 Å². The van der Waals surface area contributed by atoms with Crippen molar-refractivity contribution in [3.63, 3.8) is 0 Å². The van der Waals surface area contributed by atoms with Gasteiger partial charge in [-0.3, -0.25) is 4.79 Å². The first kappa shape index (κ1) is 30.1. The van der Waals surface area contributed by atoms with Gasteiger partial charge in [0.15, 0.2) is 5.78 Å². The van der Waals surface area contributed by atoms with Gasteiger partial charge >= 0.3 is 0 Å². The number of aromatic hydroxyl groups is 2. The summed E-state index contributed by atoms with van der Waals surface area (Å²) in [5.41, 5.74) is 2.90. The third-order valence-electron chi connectivity index (χ3n) is 8.02. The Kier molecular flexibility index (Phi) is 13.0. The number of phenols is 2. The molecule has 0 atom stereocenters. The van der Waals surface area contributed by atoms with Crippen molar-refractivity contribution in [2.75, 3.05) is 6.61 Å². The SMILES string of the molecule is CCCCCCCCCCCCCCCCOc1ccc(-c2c(O)c3c(c(O)c2C(C)=O)CCCC3)cc1. The van der Waals surface area contributed by atoms with Crippen LogP contribution in [0, 0.1) is 0 Å². The van der Waals surface area contributed by atoms with E-state index in [1.54, 1.807) is 0 Å². The minimum Gasteiger partial charge on any atom is -0.507 e. The number of Topliss-reactive ketones (excluding diaryl/α,β-unsaturated/α-hetero) is 1. The van der Waals surface area contributed by atoms with Crippen LogP contribution in [0.2, 0.25) is 0 Å². The van der Waals surface area contributed by atoms with Gasteiger partial charge in [-0.05, 0) is 56.7 Å². The topological polar surface area (TPSA) is 66.8 Å². The molecule has 0 amide bonds. The van der Waals surface area contributed by atoms with Crippen LogP contribution in [0.3, 0.4) is 0 Å². The molecular formula is C34H50O4. The van der Waals surface area contributed by atoms with Gasteiger partial charge in [-0.2, -0.15) is 0 Å². The van der Waals surface area contributed by atoms with Gasteiger partial charge in [0.25, 0.3) is 0 Å². The number of phenolic OH excluding ortho intramolecular Hbond substituents is 2. The number of carbonyl (C=O) groups is 1. The van der Waals surface area contributed by atoms with Gasteiger partial charge in [-0.1, -0.05) is 103 Å². The lowest BCUT2D eigenvalue weighted by molar-refractivity contribution is 0.101. The van der Waals surface area contributed by atoms with E-state index in [2.05, 4.69) is 6.92 Å². The van der Waals surface area contributed by atoms with Gasteiger partial charge in [-0.25, -0.2) is 0 Å². The van der Waals surface area contributed by atoms with E-state index in [0.717, 1.165) is 48.1 Å². The number of fused-ring (bicyclic) bond motifs is 1. The van der Waals surface area contributed by atoms with Gasteiger partial charge in [0.05, 0.1) is 12.2 Å². The maximum atomic E-state index is 12.4. The molecule has 210 valence electrons. The predicted octanol–water partition coefficient (Wildman–Crippen LogP) is 9.71. The van der Waals surface area contributed by atoms with E-state index in [9.17, 15) is 15.0 Å². The highest BCUT2D eigenvalue weighted by molar-refractivity contribution is 6.05. The molecule has 1 aliphatic carbocycles. The molecular weight excluding hydrogens is 472 g/mol. The Morgan fingerprint density at radius 2 is 1.18 bits per heavy atom. The number of ether oxygens (including phenoxy) is 1. The first-order chi connectivity index (χ1) is 18.5. The number of benzene rings is 2. The fourth-order valence-electron chi connectivity index (χ4n) is 5.79. The Balaban J connectivity index is 1.37. The zero-order valence-corrected chi connectivity index (χ0v) is 24.0. The molecule has 4 heteroatoms. The highest BCUT2D eigenvalue weighted by Crippen LogP contribution is 2.46. The van der Waals surface area contributed by atoms with Gasteiger partial charge in [0.1, 0.15) is 17.2 Å². The summed E-state index contributed by atoms with van der Waals surface area (Å²) in [5, 5.41) is 21.9. The number of unbranched alkanes of at least 4 members (excludes halogenated alkanes) is 13. The van der Waals surface area contributed by atoms with Crippen LogP contribution in [0.25, 0.3) is 11.1 Å². The number of hydrogen-bond donors (Lipinski definition) is 2. The normalized spacial score (nSPS) is 12.9. The van der Waals surface area contributed by atoms with Gasteiger partial charge in [-0.15, -0.1) is 0 Å². The summed E-state index contributed by atoms with van der Waals surface area (Å²) in [6.45, 7) is 4.42. The first-order valence-electron chi connectivity index (χ1n) is 15.4. The van der Waals surface area contributed by atoms with Crippen LogP contribution in [0.1, 0.15) is 138 Å². The van der Waals surface area contributed by atoms with Crippen molar-refractivity contribution in [1.29, 1.82) is 0 Å². The number of carbonyl (C=O) groups excluding carboxylic acids is 1. The lowest BCUT2D eigenvalue weighted by Gasteiger charge is -2.23. The summed E-state index contributed by atoms with van der Waals surface area (Å²) in [5.74, 6) is 0.728. The van der Waals surface area contributed by atoms with E-state index in [0.29, 0.717) is 18.6 Å². The van der Waals surface area contributed by atoms with Gasteiger partial charge in [0, 0.05) is 16.7 Å². The van der Waals surface area contributed by atoms with E-state index in [1.165, 1.54) is 90.4 Å². The summed E-state index contributed by atoms with van der Waals surface area (Å²) >= 11 is 0. The molecule has 2 aromatic rings. The fourth-order valence-corrected chi connectivity index (χ4v) is 5.79. The summed E-state index contributed by atoms with van der Waals surface area (Å²) in [6.07, 6.45) is 22.1. The van der Waals surface area contributed by atoms with E-state index >= 15 is 0 Å². The van der Waals surface area contributed by atoms with E-state index in [1.807, 2.05) is 24.3 Å². The smallest absolute Gasteiger partial charge is 0.164 e.